The molecule has 1 aromatic rings. The number of hydrogen-bond donors (Lipinski definition) is 1. The molecule has 2 N–H and O–H groups in total. The SMILES string of the molecule is CC(c1ccc(C(F)(F)F)cc1)N1CCOC(CN)C1.Cl. The number of nitrogens with zero attached hydrogens (tertiary/aromatic N) is 1. The molecule has 0 aliphatic carbocycles. The Morgan fingerprint density at radius 2 is 1.95 bits per heavy atom. The quantitative estimate of drug-likeness (QED) is 0.929. The van der Waals surface area contributed by atoms with Gasteiger partial charge in [-0.2, -0.15) is 13.2 Å². The Hall–Kier alpha value is -0.820. The van der Waals surface area contributed by atoms with Crippen LogP contribution in [0.25, 0.3) is 0 Å². The maximum Gasteiger partial charge on any atom is 0.416 e. The molecule has 7 heteroatoms. The van der Waals surface area contributed by atoms with Crippen LogP contribution >= 0.6 is 12.4 Å². The zero-order valence-electron chi connectivity index (χ0n) is 11.8. The van der Waals surface area contributed by atoms with Crippen molar-refractivity contribution in [2.45, 2.75) is 25.2 Å². The summed E-state index contributed by atoms with van der Waals surface area (Å²) >= 11 is 0. The summed E-state index contributed by atoms with van der Waals surface area (Å²) in [6.45, 7) is 4.52. The van der Waals surface area contributed by atoms with E-state index in [-0.39, 0.29) is 24.6 Å². The van der Waals surface area contributed by atoms with Gasteiger partial charge < -0.3 is 10.5 Å². The Kier molecular flexibility index (Phi) is 6.46. The number of alkyl halides is 3. The first kappa shape index (κ1) is 18.2. The Balaban J connectivity index is 0.00000220. The van der Waals surface area contributed by atoms with Crippen LogP contribution in [0.5, 0.6) is 0 Å². The van der Waals surface area contributed by atoms with Crippen molar-refractivity contribution in [2.75, 3.05) is 26.2 Å². The molecule has 120 valence electrons. The average molecular weight is 325 g/mol. The summed E-state index contributed by atoms with van der Waals surface area (Å²) in [6, 6.07) is 5.40. The second-order valence-corrected chi connectivity index (χ2v) is 5.02. The highest BCUT2D eigenvalue weighted by Crippen LogP contribution is 2.31. The van der Waals surface area contributed by atoms with Gasteiger partial charge >= 0.3 is 6.18 Å². The Bertz CT molecular complexity index is 439. The maximum atomic E-state index is 12.5. The molecular formula is C14H20ClF3N2O. The lowest BCUT2D eigenvalue weighted by molar-refractivity contribution is -0.137. The minimum atomic E-state index is -4.29. The van der Waals surface area contributed by atoms with E-state index in [1.165, 1.54) is 0 Å². The number of morpholine rings is 1. The van der Waals surface area contributed by atoms with Crippen LogP contribution in [0.2, 0.25) is 0 Å². The van der Waals surface area contributed by atoms with Crippen molar-refractivity contribution < 1.29 is 17.9 Å². The van der Waals surface area contributed by atoms with E-state index < -0.39 is 11.7 Å². The first-order chi connectivity index (χ1) is 9.41. The molecule has 1 heterocycles. The molecule has 0 amide bonds. The molecule has 1 aliphatic heterocycles. The fraction of sp³-hybridized carbons (Fsp3) is 0.571. The van der Waals surface area contributed by atoms with Gasteiger partial charge in [0.2, 0.25) is 0 Å². The van der Waals surface area contributed by atoms with Gasteiger partial charge in [-0.15, -0.1) is 12.4 Å². The second kappa shape index (κ2) is 7.45. The summed E-state index contributed by atoms with van der Waals surface area (Å²) < 4.78 is 43.1. The molecule has 0 aromatic heterocycles. The van der Waals surface area contributed by atoms with Gasteiger partial charge in [0.25, 0.3) is 0 Å². The zero-order chi connectivity index (χ0) is 14.8. The number of rotatable bonds is 3. The lowest BCUT2D eigenvalue weighted by Gasteiger charge is -2.36. The predicted molar refractivity (Wildman–Crippen MR) is 77.5 cm³/mol. The van der Waals surface area contributed by atoms with Crippen molar-refractivity contribution in [3.05, 3.63) is 35.4 Å². The molecule has 0 bridgehead atoms. The summed E-state index contributed by atoms with van der Waals surface area (Å²) in [7, 11) is 0. The van der Waals surface area contributed by atoms with Gasteiger partial charge in [-0.1, -0.05) is 12.1 Å². The molecule has 0 radical (unpaired) electrons. The van der Waals surface area contributed by atoms with Crippen molar-refractivity contribution in [3.63, 3.8) is 0 Å². The molecule has 2 unspecified atom stereocenters. The zero-order valence-corrected chi connectivity index (χ0v) is 12.6. The molecule has 3 nitrogen and oxygen atoms in total. The molecule has 1 aliphatic rings. The van der Waals surface area contributed by atoms with Crippen molar-refractivity contribution in [3.8, 4) is 0 Å². The third kappa shape index (κ3) is 4.57. The van der Waals surface area contributed by atoms with Gasteiger partial charge in [0.05, 0.1) is 18.3 Å². The minimum Gasteiger partial charge on any atom is -0.374 e. The molecule has 0 spiro atoms. The number of nitrogens with two attached hydrogens (primary N) is 1. The standard InChI is InChI=1S/C14H19F3N2O.ClH/c1-10(19-6-7-20-13(8-18)9-19)11-2-4-12(5-3-11)14(15,16)17;/h2-5,10,13H,6-9,18H2,1H3;1H. The van der Waals surface area contributed by atoms with Crippen molar-refractivity contribution in [1.82, 2.24) is 4.90 Å². The summed E-state index contributed by atoms with van der Waals surface area (Å²) in [4.78, 5) is 2.18. The summed E-state index contributed by atoms with van der Waals surface area (Å²) in [5.74, 6) is 0. The number of benzene rings is 1. The molecule has 1 aromatic carbocycles. The normalized spacial score (nSPS) is 21.7. The monoisotopic (exact) mass is 324 g/mol. The van der Waals surface area contributed by atoms with Crippen LogP contribution in [-0.4, -0.2) is 37.2 Å². The Morgan fingerprint density at radius 1 is 1.33 bits per heavy atom. The third-order valence-corrected chi connectivity index (χ3v) is 3.70. The van der Waals surface area contributed by atoms with Crippen LogP contribution in [0.4, 0.5) is 13.2 Å². The van der Waals surface area contributed by atoms with Crippen LogP contribution in [0, 0.1) is 0 Å². The maximum absolute atomic E-state index is 12.5. The van der Waals surface area contributed by atoms with E-state index in [4.69, 9.17) is 10.5 Å². The van der Waals surface area contributed by atoms with Gasteiger partial charge in [0, 0.05) is 25.7 Å². The van der Waals surface area contributed by atoms with E-state index in [0.717, 1.165) is 24.2 Å². The average Bonchev–Trinajstić information content (AvgIpc) is 2.46. The number of ether oxygens (including phenoxy) is 1. The largest absolute Gasteiger partial charge is 0.416 e. The molecule has 1 saturated heterocycles. The lowest BCUT2D eigenvalue weighted by Crippen LogP contribution is -2.46. The van der Waals surface area contributed by atoms with Crippen LogP contribution in [0.15, 0.2) is 24.3 Å². The first-order valence-corrected chi connectivity index (χ1v) is 6.64. The highest BCUT2D eigenvalue weighted by molar-refractivity contribution is 5.85. The molecule has 0 saturated carbocycles. The second-order valence-electron chi connectivity index (χ2n) is 5.02. The van der Waals surface area contributed by atoms with Gasteiger partial charge in [0.15, 0.2) is 0 Å². The molecule has 2 rings (SSSR count). The molecule has 1 fully saturated rings. The van der Waals surface area contributed by atoms with E-state index in [0.29, 0.717) is 19.7 Å². The predicted octanol–water partition coefficient (Wildman–Crippen LogP) is 2.85. The summed E-state index contributed by atoms with van der Waals surface area (Å²) in [5, 5.41) is 0. The molecule has 2 atom stereocenters. The van der Waals surface area contributed by atoms with Gasteiger partial charge in [-0.3, -0.25) is 4.90 Å². The topological polar surface area (TPSA) is 38.5 Å². The summed E-state index contributed by atoms with van der Waals surface area (Å²) in [5.41, 5.74) is 5.85. The number of hydrogen-bond acceptors (Lipinski definition) is 3. The smallest absolute Gasteiger partial charge is 0.374 e. The van der Waals surface area contributed by atoms with Gasteiger partial charge in [0.1, 0.15) is 0 Å². The third-order valence-electron chi connectivity index (χ3n) is 3.70. The summed E-state index contributed by atoms with van der Waals surface area (Å²) in [6.07, 6.45) is -4.29. The number of halogens is 4. The van der Waals surface area contributed by atoms with Crippen molar-refractivity contribution >= 4 is 12.4 Å². The Labute approximate surface area is 128 Å². The van der Waals surface area contributed by atoms with Crippen LogP contribution < -0.4 is 5.73 Å². The van der Waals surface area contributed by atoms with E-state index >= 15 is 0 Å². The molecule has 21 heavy (non-hydrogen) atoms. The minimum absolute atomic E-state index is 0. The molecular weight excluding hydrogens is 305 g/mol. The van der Waals surface area contributed by atoms with E-state index in [1.54, 1.807) is 12.1 Å². The van der Waals surface area contributed by atoms with Gasteiger partial charge in [-0.05, 0) is 24.6 Å². The van der Waals surface area contributed by atoms with E-state index in [1.807, 2.05) is 6.92 Å². The van der Waals surface area contributed by atoms with Crippen molar-refractivity contribution in [2.24, 2.45) is 5.73 Å². The lowest BCUT2D eigenvalue weighted by atomic mass is 10.0. The Morgan fingerprint density at radius 3 is 2.48 bits per heavy atom. The highest BCUT2D eigenvalue weighted by atomic mass is 35.5. The van der Waals surface area contributed by atoms with E-state index in [2.05, 4.69) is 4.90 Å². The fourth-order valence-electron chi connectivity index (χ4n) is 2.40. The van der Waals surface area contributed by atoms with Crippen LogP contribution in [0.1, 0.15) is 24.1 Å². The van der Waals surface area contributed by atoms with Crippen LogP contribution in [-0.2, 0) is 10.9 Å². The fourth-order valence-corrected chi connectivity index (χ4v) is 2.40. The van der Waals surface area contributed by atoms with Crippen molar-refractivity contribution in [1.29, 1.82) is 0 Å². The van der Waals surface area contributed by atoms with Crippen LogP contribution in [0.3, 0.4) is 0 Å². The first-order valence-electron chi connectivity index (χ1n) is 6.64. The van der Waals surface area contributed by atoms with E-state index in [9.17, 15) is 13.2 Å². The highest BCUT2D eigenvalue weighted by Gasteiger charge is 2.30. The van der Waals surface area contributed by atoms with Gasteiger partial charge in [-0.25, -0.2) is 0 Å².